The fraction of sp³-hybridized carbons (Fsp3) is 1.00. The van der Waals surface area contributed by atoms with Gasteiger partial charge in [0.15, 0.2) is 0 Å². The normalized spacial score (nSPS) is 41.8. The van der Waals surface area contributed by atoms with Crippen molar-refractivity contribution in [2.75, 3.05) is 13.3 Å². The maximum atomic E-state index is 2.63. The first kappa shape index (κ1) is 10.9. The lowest BCUT2D eigenvalue weighted by molar-refractivity contribution is 0.326. The van der Waals surface area contributed by atoms with E-state index in [1.807, 2.05) is 0 Å². The van der Waals surface area contributed by atoms with Crippen LogP contribution in [0, 0.1) is 5.92 Å². The van der Waals surface area contributed by atoms with Gasteiger partial charge in [0, 0.05) is 26.5 Å². The molecule has 3 atom stereocenters. The molecule has 1 saturated heterocycles. The standard InChI is InChI=1S/C13H26P/c1-4-12-11-9-7-5-6-8-10-13(11)14(12,2)3/h11-13H,4-10H2,1-3H3/q+1. The average molecular weight is 213 g/mol. The van der Waals surface area contributed by atoms with Crippen LogP contribution in [0.2, 0.25) is 0 Å². The highest BCUT2D eigenvalue weighted by molar-refractivity contribution is 7.77. The molecular formula is C13H26P+. The Kier molecular flexibility index (Phi) is 3.22. The molecule has 2 fully saturated rings. The third kappa shape index (κ3) is 1.64. The second-order valence-corrected chi connectivity index (χ2v) is 10.4. The van der Waals surface area contributed by atoms with Crippen LogP contribution in [0.4, 0.5) is 0 Å². The summed E-state index contributed by atoms with van der Waals surface area (Å²) in [5, 5.41) is 0. The van der Waals surface area contributed by atoms with Crippen LogP contribution in [0.25, 0.3) is 0 Å². The van der Waals surface area contributed by atoms with E-state index in [0.29, 0.717) is 0 Å². The molecule has 2 aliphatic rings. The molecule has 2 rings (SSSR count). The van der Waals surface area contributed by atoms with Gasteiger partial charge >= 0.3 is 0 Å². The van der Waals surface area contributed by atoms with Crippen LogP contribution >= 0.6 is 7.26 Å². The Morgan fingerprint density at radius 1 is 1.00 bits per heavy atom. The molecule has 1 saturated carbocycles. The van der Waals surface area contributed by atoms with Crippen molar-refractivity contribution in [2.24, 2.45) is 5.92 Å². The summed E-state index contributed by atoms with van der Waals surface area (Å²) < 4.78 is 0. The summed E-state index contributed by atoms with van der Waals surface area (Å²) in [5.74, 6) is 1.14. The van der Waals surface area contributed by atoms with E-state index < -0.39 is 7.26 Å². The smallest absolute Gasteiger partial charge is 0.0616 e. The second-order valence-electron chi connectivity index (χ2n) is 5.83. The Morgan fingerprint density at radius 2 is 1.64 bits per heavy atom. The van der Waals surface area contributed by atoms with Crippen molar-refractivity contribution in [3.8, 4) is 0 Å². The van der Waals surface area contributed by atoms with E-state index in [9.17, 15) is 0 Å². The van der Waals surface area contributed by atoms with E-state index in [1.54, 1.807) is 12.8 Å². The molecule has 0 aromatic carbocycles. The Hall–Kier alpha value is 0.430. The van der Waals surface area contributed by atoms with Crippen molar-refractivity contribution in [1.29, 1.82) is 0 Å². The molecule has 1 heterocycles. The summed E-state index contributed by atoms with van der Waals surface area (Å²) in [7, 11) is -0.505. The summed E-state index contributed by atoms with van der Waals surface area (Å²) in [4.78, 5) is 0. The van der Waals surface area contributed by atoms with Crippen molar-refractivity contribution in [3.63, 3.8) is 0 Å². The molecule has 1 aliphatic heterocycles. The van der Waals surface area contributed by atoms with E-state index in [0.717, 1.165) is 11.6 Å². The quantitative estimate of drug-likeness (QED) is 0.566. The molecule has 0 aromatic heterocycles. The molecule has 82 valence electrons. The van der Waals surface area contributed by atoms with Crippen LogP contribution in [0.5, 0.6) is 0 Å². The molecule has 0 amide bonds. The van der Waals surface area contributed by atoms with Crippen molar-refractivity contribution in [1.82, 2.24) is 0 Å². The minimum atomic E-state index is -0.505. The Balaban J connectivity index is 2.04. The highest BCUT2D eigenvalue weighted by Gasteiger charge is 2.60. The summed E-state index contributed by atoms with van der Waals surface area (Å²) in [6, 6.07) is 0. The van der Waals surface area contributed by atoms with Gasteiger partial charge in [0.25, 0.3) is 0 Å². The van der Waals surface area contributed by atoms with Gasteiger partial charge in [0.2, 0.25) is 0 Å². The van der Waals surface area contributed by atoms with Crippen molar-refractivity contribution in [2.45, 2.75) is 63.2 Å². The lowest BCUT2D eigenvalue weighted by Crippen LogP contribution is -2.47. The van der Waals surface area contributed by atoms with Crippen LogP contribution in [0.15, 0.2) is 0 Å². The molecule has 0 radical (unpaired) electrons. The molecule has 14 heavy (non-hydrogen) atoms. The molecule has 0 spiro atoms. The zero-order valence-corrected chi connectivity index (χ0v) is 11.0. The van der Waals surface area contributed by atoms with Gasteiger partial charge in [-0.3, -0.25) is 0 Å². The molecule has 0 aromatic rings. The molecule has 0 bridgehead atoms. The summed E-state index contributed by atoms with van der Waals surface area (Å²) in [6.45, 7) is 7.68. The molecule has 1 aliphatic carbocycles. The molecule has 0 nitrogen and oxygen atoms in total. The van der Waals surface area contributed by atoms with Gasteiger partial charge in [-0.25, -0.2) is 0 Å². The monoisotopic (exact) mass is 213 g/mol. The second kappa shape index (κ2) is 4.12. The Labute approximate surface area is 90.2 Å². The van der Waals surface area contributed by atoms with E-state index in [-0.39, 0.29) is 0 Å². The first-order chi connectivity index (χ1) is 6.68. The summed E-state index contributed by atoms with van der Waals surface area (Å²) in [6.07, 6.45) is 10.7. The zero-order valence-electron chi connectivity index (χ0n) is 10.1. The van der Waals surface area contributed by atoms with E-state index in [4.69, 9.17) is 0 Å². The first-order valence-electron chi connectivity index (χ1n) is 6.51. The third-order valence-electron chi connectivity index (χ3n) is 4.90. The number of hydrogen-bond donors (Lipinski definition) is 0. The van der Waals surface area contributed by atoms with E-state index in [2.05, 4.69) is 20.3 Å². The van der Waals surface area contributed by atoms with Crippen molar-refractivity contribution >= 4 is 7.26 Å². The Morgan fingerprint density at radius 3 is 2.29 bits per heavy atom. The fourth-order valence-electron chi connectivity index (χ4n) is 4.18. The van der Waals surface area contributed by atoms with Crippen LogP contribution in [0.1, 0.15) is 51.9 Å². The van der Waals surface area contributed by atoms with Gasteiger partial charge in [-0.15, -0.1) is 0 Å². The topological polar surface area (TPSA) is 0 Å². The number of rotatable bonds is 1. The van der Waals surface area contributed by atoms with Crippen molar-refractivity contribution < 1.29 is 0 Å². The predicted octanol–water partition coefficient (Wildman–Crippen LogP) is 4.39. The van der Waals surface area contributed by atoms with Gasteiger partial charge in [-0.1, -0.05) is 26.2 Å². The lowest BCUT2D eigenvalue weighted by atomic mass is 9.86. The first-order valence-corrected chi connectivity index (χ1v) is 9.33. The average Bonchev–Trinajstić information content (AvgIpc) is 2.08. The van der Waals surface area contributed by atoms with Gasteiger partial charge in [0.05, 0.1) is 11.3 Å². The maximum absolute atomic E-state index is 2.63. The highest BCUT2D eigenvalue weighted by Crippen LogP contribution is 2.77. The molecule has 3 unspecified atom stereocenters. The molecular weight excluding hydrogens is 187 g/mol. The predicted molar refractivity (Wildman–Crippen MR) is 67.8 cm³/mol. The third-order valence-corrected chi connectivity index (χ3v) is 9.71. The van der Waals surface area contributed by atoms with Crippen LogP contribution < -0.4 is 0 Å². The SMILES string of the molecule is CCC1C2CCCCCCC2[P+]1(C)C. The van der Waals surface area contributed by atoms with E-state index in [1.165, 1.54) is 37.8 Å². The Bertz CT molecular complexity index is 197. The maximum Gasteiger partial charge on any atom is 0.0760 e. The van der Waals surface area contributed by atoms with Gasteiger partial charge in [0.1, 0.15) is 0 Å². The lowest BCUT2D eigenvalue weighted by Gasteiger charge is -2.53. The largest absolute Gasteiger partial charge is 0.0760 e. The van der Waals surface area contributed by atoms with Crippen molar-refractivity contribution in [3.05, 3.63) is 0 Å². The van der Waals surface area contributed by atoms with Gasteiger partial charge in [-0.05, 0) is 25.7 Å². The molecule has 0 N–H and O–H groups in total. The number of fused-ring (bicyclic) bond motifs is 1. The number of hydrogen-bond acceptors (Lipinski definition) is 0. The van der Waals surface area contributed by atoms with E-state index >= 15 is 0 Å². The summed E-state index contributed by atoms with van der Waals surface area (Å²) >= 11 is 0. The zero-order chi connectivity index (χ0) is 10.2. The minimum Gasteiger partial charge on any atom is -0.0616 e. The fourth-order valence-corrected chi connectivity index (χ4v) is 8.85. The van der Waals surface area contributed by atoms with Crippen LogP contribution in [-0.2, 0) is 0 Å². The molecule has 1 heteroatoms. The van der Waals surface area contributed by atoms with Crippen LogP contribution in [-0.4, -0.2) is 24.6 Å². The van der Waals surface area contributed by atoms with Gasteiger partial charge in [-0.2, -0.15) is 0 Å². The summed E-state index contributed by atoms with van der Waals surface area (Å²) in [5.41, 5.74) is 2.32. The van der Waals surface area contributed by atoms with Crippen LogP contribution in [0.3, 0.4) is 0 Å². The highest BCUT2D eigenvalue weighted by atomic mass is 31.2. The minimum absolute atomic E-state index is 0.505. The van der Waals surface area contributed by atoms with Gasteiger partial charge < -0.3 is 0 Å².